The van der Waals surface area contributed by atoms with Crippen molar-refractivity contribution in [3.8, 4) is 5.75 Å². The fourth-order valence-corrected chi connectivity index (χ4v) is 3.26. The lowest BCUT2D eigenvalue weighted by atomic mass is 10.1. The fourth-order valence-electron chi connectivity index (χ4n) is 3.26. The van der Waals surface area contributed by atoms with Gasteiger partial charge in [-0.25, -0.2) is 0 Å². The van der Waals surface area contributed by atoms with Crippen LogP contribution in [0, 0.1) is 0 Å². The summed E-state index contributed by atoms with van der Waals surface area (Å²) in [6.45, 7) is 4.80. The van der Waals surface area contributed by atoms with Gasteiger partial charge in [-0.3, -0.25) is 14.4 Å². The molecule has 0 aromatic heterocycles. The van der Waals surface area contributed by atoms with Crippen LogP contribution in [0.3, 0.4) is 0 Å². The number of fused-ring (bicyclic) bond motifs is 1. The van der Waals surface area contributed by atoms with E-state index in [4.69, 9.17) is 4.74 Å². The van der Waals surface area contributed by atoms with Crippen molar-refractivity contribution in [2.24, 2.45) is 0 Å². The Balaban J connectivity index is 1.66. The highest BCUT2D eigenvalue weighted by Crippen LogP contribution is 2.29. The van der Waals surface area contributed by atoms with Gasteiger partial charge in [0.25, 0.3) is 11.8 Å². The minimum atomic E-state index is -0.242. The Labute approximate surface area is 170 Å². The van der Waals surface area contributed by atoms with Crippen LogP contribution in [0.15, 0.2) is 42.5 Å². The SMILES string of the molecule is CCNC(=O)COc1cccc(NC(=O)c2ccc3c(c2)CCN3C(=O)CC)c1. The summed E-state index contributed by atoms with van der Waals surface area (Å²) in [7, 11) is 0. The van der Waals surface area contributed by atoms with Gasteiger partial charge in [-0.15, -0.1) is 0 Å². The highest BCUT2D eigenvalue weighted by atomic mass is 16.5. The molecule has 3 amide bonds. The third-order valence-corrected chi connectivity index (χ3v) is 4.68. The van der Waals surface area contributed by atoms with Crippen LogP contribution in [-0.4, -0.2) is 37.4 Å². The van der Waals surface area contributed by atoms with Gasteiger partial charge < -0.3 is 20.3 Å². The number of rotatable bonds is 7. The molecule has 0 fully saturated rings. The summed E-state index contributed by atoms with van der Waals surface area (Å²) in [4.78, 5) is 37.9. The molecule has 2 aromatic carbocycles. The average molecular weight is 395 g/mol. The van der Waals surface area contributed by atoms with Crippen molar-refractivity contribution in [3.63, 3.8) is 0 Å². The van der Waals surface area contributed by atoms with Crippen LogP contribution in [0.5, 0.6) is 5.75 Å². The number of carbonyl (C=O) groups excluding carboxylic acids is 3. The molecule has 1 aliphatic rings. The van der Waals surface area contributed by atoms with Crippen LogP contribution in [0.4, 0.5) is 11.4 Å². The van der Waals surface area contributed by atoms with Crippen LogP contribution in [-0.2, 0) is 16.0 Å². The van der Waals surface area contributed by atoms with Crippen molar-refractivity contribution in [1.82, 2.24) is 5.32 Å². The van der Waals surface area contributed by atoms with E-state index in [1.807, 2.05) is 26.0 Å². The number of anilines is 2. The van der Waals surface area contributed by atoms with Crippen molar-refractivity contribution >= 4 is 29.1 Å². The van der Waals surface area contributed by atoms with Crippen LogP contribution < -0.4 is 20.3 Å². The van der Waals surface area contributed by atoms with E-state index in [-0.39, 0.29) is 24.3 Å². The third-order valence-electron chi connectivity index (χ3n) is 4.68. The van der Waals surface area contributed by atoms with Gasteiger partial charge in [-0.1, -0.05) is 13.0 Å². The third kappa shape index (κ3) is 4.93. The molecule has 0 saturated heterocycles. The lowest BCUT2D eigenvalue weighted by Gasteiger charge is -2.16. The molecule has 152 valence electrons. The summed E-state index contributed by atoms with van der Waals surface area (Å²) in [6, 6.07) is 12.3. The maximum atomic E-state index is 12.7. The number of amides is 3. The van der Waals surface area contributed by atoms with E-state index in [2.05, 4.69) is 10.6 Å². The van der Waals surface area contributed by atoms with Crippen LogP contribution in [0.2, 0.25) is 0 Å². The highest BCUT2D eigenvalue weighted by molar-refractivity contribution is 6.05. The van der Waals surface area contributed by atoms with Gasteiger partial charge in [0.2, 0.25) is 5.91 Å². The molecule has 0 aliphatic carbocycles. The van der Waals surface area contributed by atoms with Gasteiger partial charge >= 0.3 is 0 Å². The number of ether oxygens (including phenoxy) is 1. The second-order valence-corrected chi connectivity index (χ2v) is 6.72. The number of benzene rings is 2. The number of hydrogen-bond donors (Lipinski definition) is 2. The molecule has 1 aliphatic heterocycles. The van der Waals surface area contributed by atoms with Gasteiger partial charge in [0.15, 0.2) is 6.61 Å². The summed E-state index contributed by atoms with van der Waals surface area (Å²) < 4.78 is 5.45. The van der Waals surface area contributed by atoms with E-state index in [1.165, 1.54) is 0 Å². The summed E-state index contributed by atoms with van der Waals surface area (Å²) in [5.74, 6) is 0.145. The Hall–Kier alpha value is -3.35. The monoisotopic (exact) mass is 395 g/mol. The van der Waals surface area contributed by atoms with Gasteiger partial charge in [0, 0.05) is 42.5 Å². The largest absolute Gasteiger partial charge is 0.484 e. The fraction of sp³-hybridized carbons (Fsp3) is 0.318. The molecule has 2 N–H and O–H groups in total. The van der Waals surface area contributed by atoms with E-state index in [0.717, 1.165) is 17.7 Å². The minimum Gasteiger partial charge on any atom is -0.484 e. The number of likely N-dealkylation sites (N-methyl/N-ethyl adjacent to an activating group) is 1. The molecule has 0 atom stereocenters. The van der Waals surface area contributed by atoms with Crippen molar-refractivity contribution in [2.75, 3.05) is 29.9 Å². The summed E-state index contributed by atoms with van der Waals surface area (Å²) in [5.41, 5.74) is 2.99. The molecule has 7 nitrogen and oxygen atoms in total. The lowest BCUT2D eigenvalue weighted by Crippen LogP contribution is -2.28. The standard InChI is InChI=1S/C22H25N3O4/c1-3-21(27)25-11-10-15-12-16(8-9-19(15)25)22(28)24-17-6-5-7-18(13-17)29-14-20(26)23-4-2/h5-9,12-13H,3-4,10-11,14H2,1-2H3,(H,23,26)(H,24,28). The van der Waals surface area contributed by atoms with Gasteiger partial charge in [0.1, 0.15) is 5.75 Å². The topological polar surface area (TPSA) is 87.7 Å². The van der Waals surface area contributed by atoms with E-state index in [9.17, 15) is 14.4 Å². The first-order valence-electron chi connectivity index (χ1n) is 9.76. The van der Waals surface area contributed by atoms with Gasteiger partial charge in [0.05, 0.1) is 0 Å². The molecule has 0 bridgehead atoms. The first-order chi connectivity index (χ1) is 14.0. The Morgan fingerprint density at radius 1 is 1.10 bits per heavy atom. The van der Waals surface area contributed by atoms with Crippen molar-refractivity contribution < 1.29 is 19.1 Å². The molecule has 7 heteroatoms. The predicted molar refractivity (Wildman–Crippen MR) is 111 cm³/mol. The highest BCUT2D eigenvalue weighted by Gasteiger charge is 2.24. The molecule has 0 spiro atoms. The normalized spacial score (nSPS) is 12.3. The molecular formula is C22H25N3O4. The maximum absolute atomic E-state index is 12.7. The molecule has 29 heavy (non-hydrogen) atoms. The number of nitrogens with one attached hydrogen (secondary N) is 2. The summed E-state index contributed by atoms with van der Waals surface area (Å²) in [5, 5.41) is 5.51. The zero-order chi connectivity index (χ0) is 20.8. The van der Waals surface area contributed by atoms with Crippen molar-refractivity contribution in [3.05, 3.63) is 53.6 Å². The number of hydrogen-bond acceptors (Lipinski definition) is 4. The molecule has 0 radical (unpaired) electrons. The Morgan fingerprint density at radius 2 is 1.93 bits per heavy atom. The zero-order valence-corrected chi connectivity index (χ0v) is 16.7. The molecule has 2 aromatic rings. The maximum Gasteiger partial charge on any atom is 0.257 e. The smallest absolute Gasteiger partial charge is 0.257 e. The minimum absolute atomic E-state index is 0.0803. The molecule has 1 heterocycles. The predicted octanol–water partition coefficient (Wildman–Crippen LogP) is 2.75. The van der Waals surface area contributed by atoms with E-state index in [0.29, 0.717) is 36.5 Å². The quantitative estimate of drug-likeness (QED) is 0.755. The second-order valence-electron chi connectivity index (χ2n) is 6.72. The van der Waals surface area contributed by atoms with Crippen molar-refractivity contribution in [2.45, 2.75) is 26.7 Å². The molecular weight excluding hydrogens is 370 g/mol. The molecule has 0 saturated carbocycles. The Kier molecular flexibility index (Phi) is 6.49. The average Bonchev–Trinajstić information content (AvgIpc) is 3.15. The van der Waals surface area contributed by atoms with Crippen molar-refractivity contribution in [1.29, 1.82) is 0 Å². The van der Waals surface area contributed by atoms with E-state index >= 15 is 0 Å². The lowest BCUT2D eigenvalue weighted by molar-refractivity contribution is -0.123. The second kappa shape index (κ2) is 9.23. The molecule has 3 rings (SSSR count). The number of carbonyl (C=O) groups is 3. The summed E-state index contributed by atoms with van der Waals surface area (Å²) >= 11 is 0. The first-order valence-corrected chi connectivity index (χ1v) is 9.76. The van der Waals surface area contributed by atoms with E-state index in [1.54, 1.807) is 35.2 Å². The van der Waals surface area contributed by atoms with E-state index < -0.39 is 0 Å². The van der Waals surface area contributed by atoms with Crippen LogP contribution in [0.1, 0.15) is 36.2 Å². The Morgan fingerprint density at radius 3 is 2.69 bits per heavy atom. The summed E-state index contributed by atoms with van der Waals surface area (Å²) in [6.07, 6.45) is 1.20. The van der Waals surface area contributed by atoms with Gasteiger partial charge in [-0.05, 0) is 49.2 Å². The molecule has 0 unspecified atom stereocenters. The number of nitrogens with zero attached hydrogens (tertiary/aromatic N) is 1. The first kappa shape index (κ1) is 20.4. The zero-order valence-electron chi connectivity index (χ0n) is 16.7. The van der Waals surface area contributed by atoms with Gasteiger partial charge in [-0.2, -0.15) is 0 Å². The Bertz CT molecular complexity index is 926. The van der Waals surface area contributed by atoms with Crippen LogP contribution >= 0.6 is 0 Å². The van der Waals surface area contributed by atoms with Crippen LogP contribution in [0.25, 0.3) is 0 Å².